The van der Waals surface area contributed by atoms with Crippen molar-refractivity contribution in [2.24, 2.45) is 5.92 Å². The highest BCUT2D eigenvalue weighted by Crippen LogP contribution is 2.22. The molecule has 3 rings (SSSR count). The lowest BCUT2D eigenvalue weighted by Gasteiger charge is -2.18. The van der Waals surface area contributed by atoms with Crippen LogP contribution in [0.4, 0.5) is 0 Å². The number of sulfonamides is 1. The van der Waals surface area contributed by atoms with Crippen LogP contribution in [0.15, 0.2) is 42.7 Å². The van der Waals surface area contributed by atoms with Gasteiger partial charge in [-0.25, -0.2) is 22.7 Å². The van der Waals surface area contributed by atoms with E-state index in [4.69, 9.17) is 0 Å². The molecule has 1 aliphatic rings. The highest BCUT2D eigenvalue weighted by molar-refractivity contribution is 7.89. The predicted molar refractivity (Wildman–Crippen MR) is 99.7 cm³/mol. The SMILES string of the molecule is CN(C)S(=O)(=O)C[C@@H]1CN(Cc2cnc(-c3ccccc3)nc2)C[C@H]1O. The van der Waals surface area contributed by atoms with Gasteiger partial charge >= 0.3 is 0 Å². The average Bonchev–Trinajstić information content (AvgIpc) is 2.94. The third kappa shape index (κ3) is 4.45. The number of hydrogen-bond donors (Lipinski definition) is 1. The molecule has 0 radical (unpaired) electrons. The van der Waals surface area contributed by atoms with Gasteiger partial charge in [0.1, 0.15) is 0 Å². The lowest BCUT2D eigenvalue weighted by Crippen LogP contribution is -2.33. The number of β-amino-alcohol motifs (C(OH)–C–C–N with tert-alkyl or cyclic N) is 1. The Morgan fingerprint density at radius 2 is 1.81 bits per heavy atom. The molecule has 2 atom stereocenters. The van der Waals surface area contributed by atoms with Crippen molar-refractivity contribution in [3.8, 4) is 11.4 Å². The Hall–Kier alpha value is -1.87. The fourth-order valence-corrected chi connectivity index (χ4v) is 4.25. The third-order valence-corrected chi connectivity index (χ3v) is 6.57. The Bertz CT molecular complexity index is 825. The Morgan fingerprint density at radius 1 is 1.15 bits per heavy atom. The number of aliphatic hydroxyl groups excluding tert-OH is 1. The van der Waals surface area contributed by atoms with Gasteiger partial charge in [-0.3, -0.25) is 4.90 Å². The first-order valence-corrected chi connectivity index (χ1v) is 10.1. The van der Waals surface area contributed by atoms with E-state index in [1.54, 1.807) is 12.4 Å². The normalized spacial score (nSPS) is 21.4. The van der Waals surface area contributed by atoms with Gasteiger partial charge in [0.2, 0.25) is 10.0 Å². The summed E-state index contributed by atoms with van der Waals surface area (Å²) in [5.41, 5.74) is 1.90. The molecule has 7 nitrogen and oxygen atoms in total. The van der Waals surface area contributed by atoms with Crippen LogP contribution in [0.1, 0.15) is 5.56 Å². The zero-order valence-electron chi connectivity index (χ0n) is 15.0. The third-order valence-electron chi connectivity index (χ3n) is 4.61. The van der Waals surface area contributed by atoms with Crippen LogP contribution >= 0.6 is 0 Å². The molecule has 0 saturated carbocycles. The number of benzene rings is 1. The van der Waals surface area contributed by atoms with Gasteiger partial charge in [0, 0.05) is 63.2 Å². The first kappa shape index (κ1) is 18.9. The minimum Gasteiger partial charge on any atom is -0.391 e. The van der Waals surface area contributed by atoms with E-state index in [-0.39, 0.29) is 11.7 Å². The molecule has 0 spiro atoms. The molecule has 1 aliphatic heterocycles. The van der Waals surface area contributed by atoms with Crippen molar-refractivity contribution < 1.29 is 13.5 Å². The number of aliphatic hydroxyl groups is 1. The molecule has 2 aromatic rings. The summed E-state index contributed by atoms with van der Waals surface area (Å²) in [6.45, 7) is 1.58. The van der Waals surface area contributed by atoms with Gasteiger partial charge in [0.15, 0.2) is 5.82 Å². The fourth-order valence-electron chi connectivity index (χ4n) is 3.08. The number of hydrogen-bond acceptors (Lipinski definition) is 6. The summed E-state index contributed by atoms with van der Waals surface area (Å²) in [5.74, 6) is 0.346. The second-order valence-corrected chi connectivity index (χ2v) is 9.09. The first-order chi connectivity index (χ1) is 12.3. The maximum Gasteiger partial charge on any atom is 0.214 e. The second kappa shape index (κ2) is 7.79. The minimum absolute atomic E-state index is 0.0406. The van der Waals surface area contributed by atoms with E-state index in [2.05, 4.69) is 9.97 Å². The number of nitrogens with zero attached hydrogens (tertiary/aromatic N) is 4. The van der Waals surface area contributed by atoms with Crippen molar-refractivity contribution in [3.63, 3.8) is 0 Å². The Kier molecular flexibility index (Phi) is 5.67. The molecule has 0 bridgehead atoms. The van der Waals surface area contributed by atoms with Gasteiger partial charge in [0.25, 0.3) is 0 Å². The summed E-state index contributed by atoms with van der Waals surface area (Å²) in [6.07, 6.45) is 2.92. The molecule has 1 aromatic heterocycles. The minimum atomic E-state index is -3.33. The zero-order valence-corrected chi connectivity index (χ0v) is 15.8. The quantitative estimate of drug-likeness (QED) is 0.804. The van der Waals surface area contributed by atoms with Crippen molar-refractivity contribution in [2.75, 3.05) is 32.9 Å². The summed E-state index contributed by atoms with van der Waals surface area (Å²) in [7, 11) is -0.297. The number of aromatic nitrogens is 2. The van der Waals surface area contributed by atoms with Gasteiger partial charge in [-0.15, -0.1) is 0 Å². The molecule has 8 heteroatoms. The highest BCUT2D eigenvalue weighted by atomic mass is 32.2. The molecule has 1 saturated heterocycles. The zero-order chi connectivity index (χ0) is 18.7. The second-order valence-electron chi connectivity index (χ2n) is 6.86. The van der Waals surface area contributed by atoms with Gasteiger partial charge in [0.05, 0.1) is 11.9 Å². The van der Waals surface area contributed by atoms with Crippen molar-refractivity contribution in [1.29, 1.82) is 0 Å². The van der Waals surface area contributed by atoms with Crippen LogP contribution in [-0.4, -0.2) is 71.7 Å². The number of likely N-dealkylation sites (tertiary alicyclic amines) is 1. The summed E-state index contributed by atoms with van der Waals surface area (Å²) >= 11 is 0. The molecular weight excluding hydrogens is 352 g/mol. The van der Waals surface area contributed by atoms with Crippen molar-refractivity contribution in [2.45, 2.75) is 12.6 Å². The van der Waals surface area contributed by atoms with Crippen molar-refractivity contribution in [3.05, 3.63) is 48.3 Å². The van der Waals surface area contributed by atoms with Crippen molar-refractivity contribution in [1.82, 2.24) is 19.2 Å². The van der Waals surface area contributed by atoms with E-state index in [9.17, 15) is 13.5 Å². The smallest absolute Gasteiger partial charge is 0.214 e. The summed E-state index contributed by atoms with van der Waals surface area (Å²) in [6, 6.07) is 9.76. The molecule has 1 N–H and O–H groups in total. The standard InChI is InChI=1S/C18H24N4O3S/c1-21(2)26(24,25)13-16-11-22(12-17(16)23)10-14-8-19-18(20-9-14)15-6-4-3-5-7-15/h3-9,16-17,23H,10-13H2,1-2H3/t16-,17+/m0/s1. The molecule has 1 aromatic carbocycles. The molecule has 0 aliphatic carbocycles. The summed E-state index contributed by atoms with van der Waals surface area (Å²) in [5, 5.41) is 10.2. The molecule has 1 fully saturated rings. The molecule has 0 unspecified atom stereocenters. The van der Waals surface area contributed by atoms with E-state index >= 15 is 0 Å². The number of rotatable bonds is 6. The van der Waals surface area contributed by atoms with E-state index < -0.39 is 16.1 Å². The molecule has 26 heavy (non-hydrogen) atoms. The molecule has 140 valence electrons. The summed E-state index contributed by atoms with van der Waals surface area (Å²) < 4.78 is 25.3. The van der Waals surface area contributed by atoms with E-state index in [1.165, 1.54) is 18.4 Å². The van der Waals surface area contributed by atoms with Gasteiger partial charge < -0.3 is 5.11 Å². The predicted octanol–water partition coefficient (Wildman–Crippen LogP) is 0.828. The van der Waals surface area contributed by atoms with Gasteiger partial charge in [-0.1, -0.05) is 30.3 Å². The highest BCUT2D eigenvalue weighted by Gasteiger charge is 2.35. The topological polar surface area (TPSA) is 86.6 Å². The largest absolute Gasteiger partial charge is 0.391 e. The van der Waals surface area contributed by atoms with Crippen LogP contribution in [0.3, 0.4) is 0 Å². The lowest BCUT2D eigenvalue weighted by atomic mass is 10.1. The van der Waals surface area contributed by atoms with E-state index in [0.717, 1.165) is 11.1 Å². The lowest BCUT2D eigenvalue weighted by molar-refractivity contribution is 0.148. The van der Waals surface area contributed by atoms with Crippen LogP contribution < -0.4 is 0 Å². The van der Waals surface area contributed by atoms with Crippen molar-refractivity contribution >= 4 is 10.0 Å². The fraction of sp³-hybridized carbons (Fsp3) is 0.444. The van der Waals surface area contributed by atoms with E-state index in [1.807, 2.05) is 35.2 Å². The van der Waals surface area contributed by atoms with Crippen LogP contribution in [0, 0.1) is 5.92 Å². The summed E-state index contributed by atoms with van der Waals surface area (Å²) in [4.78, 5) is 10.9. The Balaban J connectivity index is 1.61. The molecule has 2 heterocycles. The van der Waals surface area contributed by atoms with Crippen LogP contribution in [0.25, 0.3) is 11.4 Å². The first-order valence-electron chi connectivity index (χ1n) is 8.52. The maximum absolute atomic E-state index is 12.0. The molecule has 0 amide bonds. The van der Waals surface area contributed by atoms with Crippen LogP contribution in [0.2, 0.25) is 0 Å². The maximum atomic E-state index is 12.0. The van der Waals surface area contributed by atoms with Gasteiger partial charge in [-0.05, 0) is 0 Å². The average molecular weight is 376 g/mol. The van der Waals surface area contributed by atoms with Gasteiger partial charge in [-0.2, -0.15) is 0 Å². The van der Waals surface area contributed by atoms with Crippen LogP contribution in [-0.2, 0) is 16.6 Å². The molecular formula is C18H24N4O3S. The van der Waals surface area contributed by atoms with Crippen LogP contribution in [0.5, 0.6) is 0 Å². The Labute approximate surface area is 154 Å². The Morgan fingerprint density at radius 3 is 2.42 bits per heavy atom. The van der Waals surface area contributed by atoms with E-state index in [0.29, 0.717) is 25.5 Å². The monoisotopic (exact) mass is 376 g/mol.